The third-order valence-corrected chi connectivity index (χ3v) is 7.17. The van der Waals surface area contributed by atoms with Crippen molar-refractivity contribution in [2.75, 3.05) is 0 Å². The highest BCUT2D eigenvalue weighted by molar-refractivity contribution is 6.16. The van der Waals surface area contributed by atoms with Crippen LogP contribution in [0.2, 0.25) is 0 Å². The number of hydrogen-bond acceptors (Lipinski definition) is 5. The fraction of sp³-hybridized carbons (Fsp3) is 0.484. The van der Waals surface area contributed by atoms with E-state index in [0.717, 1.165) is 12.8 Å². The van der Waals surface area contributed by atoms with Crippen molar-refractivity contribution in [1.82, 2.24) is 5.32 Å². The Bertz CT molecular complexity index is 1310. The number of fused-ring (bicyclic) bond motifs is 1. The molecule has 0 unspecified atom stereocenters. The Kier molecular flexibility index (Phi) is 8.99. The molecule has 1 amide bonds. The highest BCUT2D eigenvalue weighted by Crippen LogP contribution is 2.40. The van der Waals surface area contributed by atoms with E-state index < -0.39 is 66.1 Å². The van der Waals surface area contributed by atoms with Gasteiger partial charge in [-0.15, -0.1) is 0 Å². The molecule has 0 spiro atoms. The predicted octanol–water partition coefficient (Wildman–Crippen LogP) is 5.95. The van der Waals surface area contributed by atoms with Crippen LogP contribution in [0.3, 0.4) is 0 Å². The maximum atomic E-state index is 14.8. The number of halogens is 4. The third kappa shape index (κ3) is 8.24. The Morgan fingerprint density at radius 2 is 1.71 bits per heavy atom. The fourth-order valence-electron chi connectivity index (χ4n) is 5.03. The molecule has 1 saturated carbocycles. The molecule has 3 atom stereocenters. The van der Waals surface area contributed by atoms with Crippen LogP contribution in [0.25, 0.3) is 0 Å². The molecule has 4 rings (SSSR count). The first-order valence-corrected chi connectivity index (χ1v) is 13.8. The van der Waals surface area contributed by atoms with Crippen molar-refractivity contribution in [1.29, 1.82) is 0 Å². The summed E-state index contributed by atoms with van der Waals surface area (Å²) in [6, 6.07) is 13.1. The van der Waals surface area contributed by atoms with E-state index in [1.807, 2.05) is 0 Å². The van der Waals surface area contributed by atoms with Crippen molar-refractivity contribution in [3.63, 3.8) is 0 Å². The Labute approximate surface area is 236 Å². The zero-order valence-electron chi connectivity index (χ0n) is 23.3. The van der Waals surface area contributed by atoms with Gasteiger partial charge in [-0.1, -0.05) is 55.3 Å². The van der Waals surface area contributed by atoms with E-state index in [2.05, 4.69) is 10.3 Å². The van der Waals surface area contributed by atoms with Crippen molar-refractivity contribution in [2.24, 2.45) is 22.7 Å². The summed E-state index contributed by atoms with van der Waals surface area (Å²) in [6.07, 6.45) is -6.55. The number of benzene rings is 2. The van der Waals surface area contributed by atoms with Gasteiger partial charge in [-0.05, 0) is 45.6 Å². The maximum absolute atomic E-state index is 14.8. The van der Waals surface area contributed by atoms with Gasteiger partial charge in [0.2, 0.25) is 5.91 Å². The number of nitrogens with one attached hydrogen (secondary N) is 1. The highest BCUT2D eigenvalue weighted by atomic mass is 19.4. The SMILES string of the molecule is CC(C)(C)OC(=O)[C@@H](CC1CC1)[C@@H](CCC(F)(F)F)C(=O)N[C@@H]1N=C(c2ccccc2)c2cccc(F)c2CC1=O. The number of amides is 1. The lowest BCUT2D eigenvalue weighted by atomic mass is 9.83. The van der Waals surface area contributed by atoms with E-state index in [4.69, 9.17) is 4.74 Å². The summed E-state index contributed by atoms with van der Waals surface area (Å²) in [7, 11) is 0. The molecule has 1 fully saturated rings. The van der Waals surface area contributed by atoms with Crippen LogP contribution in [0.15, 0.2) is 53.5 Å². The van der Waals surface area contributed by atoms with E-state index in [-0.39, 0.29) is 30.0 Å². The molecule has 2 aliphatic rings. The number of aliphatic imine (C=N–C) groups is 1. The predicted molar refractivity (Wildman–Crippen MR) is 145 cm³/mol. The molecule has 1 aliphatic heterocycles. The van der Waals surface area contributed by atoms with Gasteiger partial charge in [0.15, 0.2) is 11.9 Å². The molecule has 1 N–H and O–H groups in total. The minimum absolute atomic E-state index is 0.105. The summed E-state index contributed by atoms with van der Waals surface area (Å²) in [5.41, 5.74) is 0.430. The van der Waals surface area contributed by atoms with Crippen LogP contribution in [0.5, 0.6) is 0 Å². The van der Waals surface area contributed by atoms with E-state index in [1.54, 1.807) is 57.2 Å². The van der Waals surface area contributed by atoms with Crippen LogP contribution < -0.4 is 5.32 Å². The molecule has 2 aromatic rings. The quantitative estimate of drug-likeness (QED) is 0.297. The summed E-state index contributed by atoms with van der Waals surface area (Å²) in [5.74, 6) is -5.30. The lowest BCUT2D eigenvalue weighted by Crippen LogP contribution is -2.47. The second-order valence-electron chi connectivity index (χ2n) is 11.7. The fourth-order valence-corrected chi connectivity index (χ4v) is 5.03. The molecular weight excluding hydrogens is 540 g/mol. The molecule has 0 bridgehead atoms. The largest absolute Gasteiger partial charge is 0.460 e. The third-order valence-electron chi connectivity index (χ3n) is 7.17. The normalized spacial score (nSPS) is 19.0. The summed E-state index contributed by atoms with van der Waals surface area (Å²) < 4.78 is 60.4. The number of carbonyl (C=O) groups excluding carboxylic acids is 3. The topological polar surface area (TPSA) is 84.8 Å². The first kappa shape index (κ1) is 30.4. The van der Waals surface area contributed by atoms with E-state index in [9.17, 15) is 31.9 Å². The second-order valence-corrected chi connectivity index (χ2v) is 11.7. The van der Waals surface area contributed by atoms with Gasteiger partial charge >= 0.3 is 12.1 Å². The van der Waals surface area contributed by atoms with Gasteiger partial charge in [0.1, 0.15) is 11.4 Å². The summed E-state index contributed by atoms with van der Waals surface area (Å²) in [4.78, 5) is 44.7. The summed E-state index contributed by atoms with van der Waals surface area (Å²) >= 11 is 0. The zero-order chi connectivity index (χ0) is 29.9. The Morgan fingerprint density at radius 3 is 2.32 bits per heavy atom. The highest BCUT2D eigenvalue weighted by Gasteiger charge is 2.43. The van der Waals surface area contributed by atoms with Gasteiger partial charge in [0.05, 0.1) is 17.5 Å². The van der Waals surface area contributed by atoms with Gasteiger partial charge in [-0.3, -0.25) is 19.4 Å². The van der Waals surface area contributed by atoms with Crippen molar-refractivity contribution < 1.29 is 36.7 Å². The van der Waals surface area contributed by atoms with Gasteiger partial charge in [0, 0.05) is 29.5 Å². The minimum atomic E-state index is -4.56. The van der Waals surface area contributed by atoms with Crippen LogP contribution in [0.4, 0.5) is 17.6 Å². The molecule has 2 aromatic carbocycles. The molecule has 0 aromatic heterocycles. The number of esters is 1. The van der Waals surface area contributed by atoms with Gasteiger partial charge in [-0.25, -0.2) is 4.39 Å². The van der Waals surface area contributed by atoms with Gasteiger partial charge < -0.3 is 10.1 Å². The lowest BCUT2D eigenvalue weighted by molar-refractivity contribution is -0.167. The molecule has 1 aliphatic carbocycles. The summed E-state index contributed by atoms with van der Waals surface area (Å²) in [6.45, 7) is 4.93. The maximum Gasteiger partial charge on any atom is 0.389 e. The molecule has 0 radical (unpaired) electrons. The smallest absolute Gasteiger partial charge is 0.389 e. The van der Waals surface area contributed by atoms with Crippen LogP contribution in [0, 0.1) is 23.6 Å². The van der Waals surface area contributed by atoms with E-state index in [0.29, 0.717) is 11.1 Å². The number of carbonyl (C=O) groups is 3. The first-order valence-electron chi connectivity index (χ1n) is 13.8. The lowest BCUT2D eigenvalue weighted by Gasteiger charge is -2.29. The van der Waals surface area contributed by atoms with Crippen LogP contribution >= 0.6 is 0 Å². The molecule has 10 heteroatoms. The number of ether oxygens (including phenoxy) is 1. The minimum Gasteiger partial charge on any atom is -0.460 e. The monoisotopic (exact) mass is 574 g/mol. The molecule has 220 valence electrons. The number of rotatable bonds is 9. The molecule has 41 heavy (non-hydrogen) atoms. The Balaban J connectivity index is 1.69. The van der Waals surface area contributed by atoms with Gasteiger partial charge in [0.25, 0.3) is 0 Å². The van der Waals surface area contributed by atoms with Crippen molar-refractivity contribution in [3.8, 4) is 0 Å². The Hall–Kier alpha value is -3.56. The van der Waals surface area contributed by atoms with Crippen LogP contribution in [0.1, 0.15) is 69.6 Å². The first-order chi connectivity index (χ1) is 19.2. The average Bonchev–Trinajstić information content (AvgIpc) is 3.71. The number of alkyl halides is 3. The number of hydrogen-bond donors (Lipinski definition) is 1. The number of ketones is 1. The second kappa shape index (κ2) is 12.1. The molecular formula is C31H34F4N2O4. The standard InChI is InChI=1S/C31H34F4N2O4/c1-30(2,3)41-29(40)23(16-18-12-13-18)21(14-15-31(33,34)35)28(39)37-27-25(38)17-22-20(10-7-11-24(22)32)26(36-27)19-8-5-4-6-9-19/h4-11,18,21,23,27H,12-17H2,1-3H3,(H,37,39)/t21-,23+,27+/m1/s1. The van der Waals surface area contributed by atoms with E-state index >= 15 is 0 Å². The zero-order valence-corrected chi connectivity index (χ0v) is 23.3. The van der Waals surface area contributed by atoms with Crippen LogP contribution in [-0.2, 0) is 25.5 Å². The van der Waals surface area contributed by atoms with Crippen molar-refractivity contribution >= 4 is 23.4 Å². The molecule has 6 nitrogen and oxygen atoms in total. The van der Waals surface area contributed by atoms with E-state index in [1.165, 1.54) is 12.1 Å². The van der Waals surface area contributed by atoms with Crippen molar-refractivity contribution in [3.05, 3.63) is 71.0 Å². The summed E-state index contributed by atoms with van der Waals surface area (Å²) in [5, 5.41) is 2.52. The molecule has 1 heterocycles. The van der Waals surface area contributed by atoms with Crippen molar-refractivity contribution in [2.45, 2.75) is 77.2 Å². The number of Topliss-reactive ketones (excluding diaryl/α,β-unsaturated/α-hetero) is 1. The average molecular weight is 575 g/mol. The molecule has 0 saturated heterocycles. The van der Waals surface area contributed by atoms with Gasteiger partial charge in [-0.2, -0.15) is 13.2 Å². The van der Waals surface area contributed by atoms with Crippen LogP contribution in [-0.4, -0.2) is 41.3 Å². The Morgan fingerprint density at radius 1 is 1.02 bits per heavy atom. The number of nitrogens with zero attached hydrogens (tertiary/aromatic N) is 1.